The summed E-state index contributed by atoms with van der Waals surface area (Å²) in [5, 5.41) is 7.57. The minimum atomic E-state index is -4.85. The van der Waals surface area contributed by atoms with Crippen LogP contribution in [0.2, 0.25) is 0 Å². The number of halogens is 8. The lowest BCUT2D eigenvalue weighted by Gasteiger charge is -2.34. The highest BCUT2D eigenvalue weighted by Gasteiger charge is 2.32. The van der Waals surface area contributed by atoms with Gasteiger partial charge in [0.05, 0.1) is 5.33 Å². The van der Waals surface area contributed by atoms with Gasteiger partial charge in [0.2, 0.25) is 5.78 Å². The van der Waals surface area contributed by atoms with E-state index < -0.39 is 30.0 Å². The van der Waals surface area contributed by atoms with Gasteiger partial charge in [-0.25, -0.2) is 4.98 Å². The van der Waals surface area contributed by atoms with Crippen molar-refractivity contribution in [1.82, 2.24) is 14.8 Å². The van der Waals surface area contributed by atoms with E-state index in [1.807, 2.05) is 43.3 Å². The zero-order valence-electron chi connectivity index (χ0n) is 39.3. The number of anilines is 6. The molecule has 2 fully saturated rings. The number of hydrogen-bond acceptors (Lipinski definition) is 14. The third-order valence-electron chi connectivity index (χ3n) is 10.2. The van der Waals surface area contributed by atoms with Crippen molar-refractivity contribution in [2.24, 2.45) is 10.7 Å². The molecule has 5 aromatic rings. The number of thioether (sulfide) groups is 1. The van der Waals surface area contributed by atoms with Crippen molar-refractivity contribution in [3.05, 3.63) is 113 Å². The lowest BCUT2D eigenvalue weighted by Crippen LogP contribution is -2.44. The molecule has 7 rings (SSSR count). The zero-order chi connectivity index (χ0) is 51.0. The van der Waals surface area contributed by atoms with Crippen molar-refractivity contribution in [2.75, 3.05) is 104 Å². The van der Waals surface area contributed by atoms with Crippen LogP contribution in [-0.2, 0) is 0 Å². The molecule has 74 heavy (non-hydrogen) atoms. The molecule has 4 aromatic carbocycles. The Kier molecular flexibility index (Phi) is 29.1. The average molecular weight is 1250 g/mol. The van der Waals surface area contributed by atoms with Gasteiger partial charge in [-0.1, -0.05) is 85.1 Å². The quantitative estimate of drug-likeness (QED) is 0.0177. The summed E-state index contributed by atoms with van der Waals surface area (Å²) in [6.45, 7) is 10.3. The van der Waals surface area contributed by atoms with Crippen LogP contribution in [0, 0.1) is 0 Å². The van der Waals surface area contributed by atoms with Gasteiger partial charge >= 0.3 is 12.7 Å². The number of nitrogens with zero attached hydrogens (tertiary/aromatic N) is 6. The summed E-state index contributed by atoms with van der Waals surface area (Å²) in [6.07, 6.45) is -9.59. The van der Waals surface area contributed by atoms with E-state index in [9.17, 15) is 35.9 Å². The molecule has 3 heterocycles. The number of ketones is 2. The van der Waals surface area contributed by atoms with Crippen molar-refractivity contribution < 1.29 is 45.4 Å². The van der Waals surface area contributed by atoms with Gasteiger partial charge in [0.1, 0.15) is 22.2 Å². The van der Waals surface area contributed by atoms with E-state index in [4.69, 9.17) is 23.7 Å². The van der Waals surface area contributed by atoms with Crippen molar-refractivity contribution in [3.8, 4) is 11.5 Å². The van der Waals surface area contributed by atoms with Gasteiger partial charge in [0, 0.05) is 86.2 Å². The molecule has 0 saturated carbocycles. The predicted octanol–water partition coefficient (Wildman–Crippen LogP) is 11.6. The minimum Gasteiger partial charge on any atom is -0.406 e. The molecule has 1 atom stereocenters. The van der Waals surface area contributed by atoms with E-state index in [2.05, 4.69) is 91.8 Å². The second-order valence-corrected chi connectivity index (χ2v) is 18.6. The lowest BCUT2D eigenvalue weighted by molar-refractivity contribution is -0.275. The van der Waals surface area contributed by atoms with Gasteiger partial charge in [0.15, 0.2) is 21.2 Å². The number of thiazole rings is 1. The van der Waals surface area contributed by atoms with Gasteiger partial charge in [-0.2, -0.15) is 14.9 Å². The van der Waals surface area contributed by atoms with Gasteiger partial charge < -0.3 is 51.2 Å². The number of alkyl halides is 7. The Morgan fingerprint density at radius 3 is 1.66 bits per heavy atom. The summed E-state index contributed by atoms with van der Waals surface area (Å²) >= 11 is 10.6. The first-order chi connectivity index (χ1) is 33.2. The number of nitrogen functional groups attached to an aromatic ring is 1. The molecule has 0 bridgehead atoms. The summed E-state index contributed by atoms with van der Waals surface area (Å²) in [5.74, 6) is -0.815. The molecule has 0 amide bonds. The number of Topliss-reactive ketones (excluding diaryl/α,β-unsaturated/α-hetero) is 1. The number of likely N-dealkylation sites (N-methyl/N-ethyl adjacent to an activating group) is 2. The second-order valence-electron chi connectivity index (χ2n) is 15.4. The van der Waals surface area contributed by atoms with Crippen molar-refractivity contribution in [3.63, 3.8) is 0 Å². The highest BCUT2D eigenvalue weighted by molar-refractivity contribution is 9.09. The van der Waals surface area contributed by atoms with Gasteiger partial charge in [0.25, 0.3) is 0 Å². The fourth-order valence-electron chi connectivity index (χ4n) is 6.65. The van der Waals surface area contributed by atoms with Crippen LogP contribution in [0.25, 0.3) is 0 Å². The number of rotatable bonds is 12. The smallest absolute Gasteiger partial charge is 0.406 e. The van der Waals surface area contributed by atoms with Gasteiger partial charge in [-0.3, -0.25) is 9.59 Å². The van der Waals surface area contributed by atoms with E-state index in [1.54, 1.807) is 0 Å². The summed E-state index contributed by atoms with van der Waals surface area (Å²) in [4.78, 5) is 41.8. The van der Waals surface area contributed by atoms with Crippen LogP contribution in [0.3, 0.4) is 0 Å². The van der Waals surface area contributed by atoms with E-state index in [0.717, 1.165) is 111 Å². The van der Waals surface area contributed by atoms with Crippen LogP contribution >= 0.6 is 78.1 Å². The molecule has 0 aliphatic carbocycles. The van der Waals surface area contributed by atoms with Crippen LogP contribution in [-0.4, -0.2) is 127 Å². The molecule has 0 spiro atoms. The van der Waals surface area contributed by atoms with Crippen LogP contribution < -0.4 is 41.4 Å². The standard InChI is InChI=1S/C22H22F3N5O2S.C15H23N5S2.C9H6BrF3O2.2CH4.BrH.H3P/c1-29-9-11-30(12-10-29)16-7-5-15(6-8-16)27-21-28-20(26)19(33-21)18(31)14-3-2-4-17(13-14)32-22(23,24)25;1-3-22-14(16)18-15(21)17-12-4-6-13(7-5-12)20-10-8-19(2)9-11-20;10-5-8(14)6-2-1-3-7(4-6)15-9(11,12)13;;;;/h2-8,13H,9-12,26H2,1H3,(H,27,28);4-7H,3,8-11H2,1-2H3,(H3,16,17,18,21);1-4H,5H2;2*1H4;1H;1H3. The second kappa shape index (κ2) is 32.0. The summed E-state index contributed by atoms with van der Waals surface area (Å²) in [7, 11) is 4.27. The third kappa shape index (κ3) is 22.6. The fraction of sp³-hybridized carbons (Fsp3) is 0.354. The third-order valence-corrected chi connectivity index (χ3v) is 12.5. The number of aliphatic imine (C=N–C) groups is 1. The fourth-order valence-corrected chi connectivity index (χ4v) is 8.57. The number of carbonyl (C=O) groups is 2. The summed E-state index contributed by atoms with van der Waals surface area (Å²) in [5.41, 5.74) is 16.0. The number of ether oxygens (including phenoxy) is 2. The molecule has 26 heteroatoms. The van der Waals surface area contributed by atoms with Crippen molar-refractivity contribution in [2.45, 2.75) is 34.5 Å². The average Bonchev–Trinajstić information content (AvgIpc) is 3.68. The number of nitrogens with one attached hydrogen (secondary N) is 2. The molecule has 14 nitrogen and oxygen atoms in total. The minimum absolute atomic E-state index is 0. The van der Waals surface area contributed by atoms with Gasteiger partial charge in [-0.05, 0) is 105 Å². The SMILES string of the molecule is Br.C.C.CCSC(N)=NC(=S)Nc1ccc(N2CCN(C)CC2)cc1.CN1CCN(c2ccc(Nc3nc(N)c(C(=O)c4cccc(OC(F)(F)F)c4)s3)cc2)CC1.O=C(CBr)c1cccc(OC(F)(F)F)c1.P. The molecule has 6 N–H and O–H groups in total. The van der Waals surface area contributed by atoms with Crippen LogP contribution in [0.1, 0.15) is 47.4 Å². The molecule has 0 radical (unpaired) electrons. The lowest BCUT2D eigenvalue weighted by atomic mass is 10.1. The molecule has 408 valence electrons. The Morgan fingerprint density at radius 2 is 1.22 bits per heavy atom. The number of benzene rings is 4. The summed E-state index contributed by atoms with van der Waals surface area (Å²) in [6, 6.07) is 26.0. The monoisotopic (exact) mass is 1240 g/mol. The number of hydrogen-bond donors (Lipinski definition) is 4. The number of nitrogens with two attached hydrogens (primary N) is 2. The number of amidine groups is 1. The number of carbonyl (C=O) groups excluding carboxylic acids is 2. The largest absolute Gasteiger partial charge is 0.573 e. The number of piperazine rings is 2. The first-order valence-corrected chi connectivity index (χ1v) is 24.8. The van der Waals surface area contributed by atoms with Gasteiger partial charge in [-0.15, -0.1) is 43.3 Å². The summed E-state index contributed by atoms with van der Waals surface area (Å²) < 4.78 is 80.5. The highest BCUT2D eigenvalue weighted by atomic mass is 79.9. The van der Waals surface area contributed by atoms with E-state index >= 15 is 0 Å². The molecule has 2 aliphatic heterocycles. The van der Waals surface area contributed by atoms with Crippen molar-refractivity contribution in [1.29, 1.82) is 0 Å². The molecular formula is C48H63Br2F6N10O4PS3. The predicted molar refractivity (Wildman–Crippen MR) is 311 cm³/mol. The van der Waals surface area contributed by atoms with E-state index in [1.165, 1.54) is 41.7 Å². The molecule has 2 aliphatic rings. The topological polar surface area (TPSA) is 167 Å². The molecular weight excluding hydrogens is 1180 g/mol. The molecule has 2 saturated heterocycles. The molecule has 1 unspecified atom stereocenters. The maximum atomic E-state index is 12.8. The van der Waals surface area contributed by atoms with E-state index in [-0.39, 0.29) is 74.7 Å². The molecule has 1 aromatic heterocycles. The number of thiocarbonyl (C=S) groups is 1. The first kappa shape index (κ1) is 67.3. The van der Waals surface area contributed by atoms with Crippen LogP contribution in [0.5, 0.6) is 11.5 Å². The Hall–Kier alpha value is -4.75. The first-order valence-electron chi connectivity index (χ1n) is 21.4. The Labute approximate surface area is 464 Å². The maximum Gasteiger partial charge on any atom is 0.573 e. The Balaban J connectivity index is 0.000000583. The van der Waals surface area contributed by atoms with Crippen LogP contribution in [0.4, 0.5) is 60.0 Å². The van der Waals surface area contributed by atoms with E-state index in [0.29, 0.717) is 15.4 Å². The van der Waals surface area contributed by atoms with Crippen molar-refractivity contribution >= 4 is 134 Å². The maximum absolute atomic E-state index is 12.8. The normalized spacial score (nSPS) is 13.8. The number of aromatic nitrogens is 1. The Morgan fingerprint density at radius 1 is 0.770 bits per heavy atom. The zero-order valence-corrected chi connectivity index (χ0v) is 46.4. The van der Waals surface area contributed by atoms with Crippen LogP contribution in [0.15, 0.2) is 102 Å². The Bertz CT molecular complexity index is 2550. The highest BCUT2D eigenvalue weighted by Crippen LogP contribution is 2.32.